The molecular weight excluding hydrogens is 326 g/mol. The maximum absolute atomic E-state index is 12.3. The van der Waals surface area contributed by atoms with Crippen molar-refractivity contribution in [1.82, 2.24) is 20.2 Å². The van der Waals surface area contributed by atoms with Crippen molar-refractivity contribution in [1.29, 1.82) is 0 Å². The first kappa shape index (κ1) is 19.8. The largest absolute Gasteiger partial charge is 0.351 e. The Morgan fingerprint density at radius 1 is 1.12 bits per heavy atom. The van der Waals surface area contributed by atoms with Gasteiger partial charge in [-0.1, -0.05) is 32.0 Å². The highest BCUT2D eigenvalue weighted by Gasteiger charge is 2.11. The monoisotopic (exact) mass is 355 g/mol. The predicted octanol–water partition coefficient (Wildman–Crippen LogP) is 3.03. The first-order valence-electron chi connectivity index (χ1n) is 9.17. The lowest BCUT2D eigenvalue weighted by Gasteiger charge is -2.15. The smallest absolute Gasteiger partial charge is 0.270 e. The predicted molar refractivity (Wildman–Crippen MR) is 106 cm³/mol. The Morgan fingerprint density at radius 3 is 2.42 bits per heavy atom. The van der Waals surface area contributed by atoms with Crippen molar-refractivity contribution in [3.05, 3.63) is 47.4 Å². The van der Waals surface area contributed by atoms with Gasteiger partial charge in [0.05, 0.1) is 0 Å². The molecule has 0 aliphatic rings. The number of nitrogens with one attached hydrogen (secondary N) is 2. The van der Waals surface area contributed by atoms with Gasteiger partial charge in [-0.2, -0.15) is 0 Å². The molecule has 1 amide bonds. The molecule has 1 heterocycles. The van der Waals surface area contributed by atoms with E-state index in [0.717, 1.165) is 31.5 Å². The van der Waals surface area contributed by atoms with Gasteiger partial charge in [-0.25, -0.2) is 9.97 Å². The molecule has 0 aliphatic heterocycles. The minimum absolute atomic E-state index is 0.173. The molecular formula is C20H29N5O. The average molecular weight is 355 g/mol. The van der Waals surface area contributed by atoms with E-state index < -0.39 is 0 Å². The van der Waals surface area contributed by atoms with Gasteiger partial charge < -0.3 is 15.5 Å². The SMILES string of the molecule is CCc1cccc(CC)c1Nc1cc(C(=O)NCCCN(C)C)ncn1. The summed E-state index contributed by atoms with van der Waals surface area (Å²) in [7, 11) is 4.03. The van der Waals surface area contributed by atoms with E-state index in [2.05, 4.69) is 57.5 Å². The molecule has 1 aromatic heterocycles. The number of rotatable bonds is 9. The first-order chi connectivity index (χ1) is 12.5. The lowest BCUT2D eigenvalue weighted by molar-refractivity contribution is 0.0947. The van der Waals surface area contributed by atoms with Gasteiger partial charge in [0.1, 0.15) is 17.8 Å². The molecule has 6 nitrogen and oxygen atoms in total. The van der Waals surface area contributed by atoms with E-state index in [1.807, 2.05) is 14.1 Å². The third kappa shape index (κ3) is 5.52. The van der Waals surface area contributed by atoms with Crippen molar-refractivity contribution >= 4 is 17.4 Å². The minimum Gasteiger partial charge on any atom is -0.351 e. The Balaban J connectivity index is 2.09. The summed E-state index contributed by atoms with van der Waals surface area (Å²) in [6.45, 7) is 5.83. The Bertz CT molecular complexity index is 708. The third-order valence-electron chi connectivity index (χ3n) is 4.22. The van der Waals surface area contributed by atoms with Gasteiger partial charge in [0.15, 0.2) is 0 Å². The number of carbonyl (C=O) groups excluding carboxylic acids is 1. The number of aromatic nitrogens is 2. The second-order valence-corrected chi connectivity index (χ2v) is 6.48. The zero-order valence-electron chi connectivity index (χ0n) is 16.2. The van der Waals surface area contributed by atoms with Crippen molar-refractivity contribution in [2.75, 3.05) is 32.5 Å². The second-order valence-electron chi connectivity index (χ2n) is 6.48. The summed E-state index contributed by atoms with van der Waals surface area (Å²) in [5.41, 5.74) is 3.92. The molecule has 2 aromatic rings. The number of hydrogen-bond donors (Lipinski definition) is 2. The van der Waals surface area contributed by atoms with Gasteiger partial charge in [0.25, 0.3) is 5.91 Å². The number of amides is 1. The summed E-state index contributed by atoms with van der Waals surface area (Å²) in [6.07, 6.45) is 4.19. The molecule has 2 rings (SSSR count). The van der Waals surface area contributed by atoms with Gasteiger partial charge in [-0.05, 0) is 51.0 Å². The van der Waals surface area contributed by atoms with Crippen LogP contribution in [0, 0.1) is 0 Å². The van der Waals surface area contributed by atoms with E-state index in [1.165, 1.54) is 17.5 Å². The van der Waals surface area contributed by atoms with Gasteiger partial charge in [0, 0.05) is 18.3 Å². The molecule has 0 atom stereocenters. The summed E-state index contributed by atoms with van der Waals surface area (Å²) < 4.78 is 0. The van der Waals surface area contributed by atoms with Crippen LogP contribution in [0.1, 0.15) is 41.9 Å². The molecule has 1 aromatic carbocycles. The molecule has 0 bridgehead atoms. The number of anilines is 2. The van der Waals surface area contributed by atoms with E-state index in [0.29, 0.717) is 18.1 Å². The fourth-order valence-corrected chi connectivity index (χ4v) is 2.77. The second kappa shape index (κ2) is 9.87. The van der Waals surface area contributed by atoms with Crippen LogP contribution in [0.5, 0.6) is 0 Å². The van der Waals surface area contributed by atoms with Crippen molar-refractivity contribution in [2.45, 2.75) is 33.1 Å². The zero-order chi connectivity index (χ0) is 18.9. The van der Waals surface area contributed by atoms with Crippen molar-refractivity contribution in [3.8, 4) is 0 Å². The van der Waals surface area contributed by atoms with E-state index in [4.69, 9.17) is 0 Å². The van der Waals surface area contributed by atoms with Crippen molar-refractivity contribution in [3.63, 3.8) is 0 Å². The highest BCUT2D eigenvalue weighted by molar-refractivity contribution is 5.93. The van der Waals surface area contributed by atoms with E-state index in [9.17, 15) is 4.79 Å². The average Bonchev–Trinajstić information content (AvgIpc) is 2.65. The molecule has 0 unspecified atom stereocenters. The van der Waals surface area contributed by atoms with Gasteiger partial charge in [-0.3, -0.25) is 4.79 Å². The highest BCUT2D eigenvalue weighted by atomic mass is 16.1. The molecule has 0 saturated heterocycles. The molecule has 0 spiro atoms. The van der Waals surface area contributed by atoms with Crippen LogP contribution >= 0.6 is 0 Å². The molecule has 140 valence electrons. The maximum atomic E-state index is 12.3. The standard InChI is InChI=1S/C20H29N5O/c1-5-15-9-7-10-16(6-2)19(15)24-18-13-17(22-14-23-18)20(26)21-11-8-12-25(3)4/h7,9-10,13-14H,5-6,8,11-12H2,1-4H3,(H,21,26)(H,22,23,24). The number of para-hydroxylation sites is 1. The summed E-state index contributed by atoms with van der Waals surface area (Å²) in [6, 6.07) is 8.00. The lowest BCUT2D eigenvalue weighted by Crippen LogP contribution is -2.27. The van der Waals surface area contributed by atoms with E-state index in [-0.39, 0.29) is 5.91 Å². The van der Waals surface area contributed by atoms with Crippen LogP contribution in [-0.2, 0) is 12.8 Å². The Labute approximate surface area is 156 Å². The quantitative estimate of drug-likeness (QED) is 0.677. The van der Waals surface area contributed by atoms with E-state index >= 15 is 0 Å². The highest BCUT2D eigenvalue weighted by Crippen LogP contribution is 2.25. The van der Waals surface area contributed by atoms with E-state index in [1.54, 1.807) is 6.07 Å². The Morgan fingerprint density at radius 2 is 1.81 bits per heavy atom. The van der Waals surface area contributed by atoms with Crippen LogP contribution < -0.4 is 10.6 Å². The minimum atomic E-state index is -0.173. The fraction of sp³-hybridized carbons (Fsp3) is 0.450. The summed E-state index contributed by atoms with van der Waals surface area (Å²) >= 11 is 0. The topological polar surface area (TPSA) is 70.2 Å². The number of nitrogens with zero attached hydrogens (tertiary/aromatic N) is 3. The first-order valence-corrected chi connectivity index (χ1v) is 9.17. The number of hydrogen-bond acceptors (Lipinski definition) is 5. The van der Waals surface area contributed by atoms with Crippen LogP contribution in [0.3, 0.4) is 0 Å². The Kier molecular flexibility index (Phi) is 7.53. The summed E-state index contributed by atoms with van der Waals surface area (Å²) in [5, 5.41) is 6.29. The Hall–Kier alpha value is -2.47. The van der Waals surface area contributed by atoms with Gasteiger partial charge >= 0.3 is 0 Å². The summed E-state index contributed by atoms with van der Waals surface area (Å²) in [5.74, 6) is 0.461. The van der Waals surface area contributed by atoms with Crippen molar-refractivity contribution in [2.24, 2.45) is 0 Å². The van der Waals surface area contributed by atoms with Crippen LogP contribution in [-0.4, -0.2) is 48.0 Å². The van der Waals surface area contributed by atoms with Crippen LogP contribution in [0.15, 0.2) is 30.6 Å². The molecule has 0 aliphatic carbocycles. The molecule has 26 heavy (non-hydrogen) atoms. The number of aryl methyl sites for hydroxylation is 2. The lowest BCUT2D eigenvalue weighted by atomic mass is 10.0. The maximum Gasteiger partial charge on any atom is 0.270 e. The van der Waals surface area contributed by atoms with Crippen molar-refractivity contribution < 1.29 is 4.79 Å². The third-order valence-corrected chi connectivity index (χ3v) is 4.22. The normalized spacial score (nSPS) is 10.8. The molecule has 6 heteroatoms. The number of benzene rings is 1. The van der Waals surface area contributed by atoms with Crippen LogP contribution in [0.2, 0.25) is 0 Å². The molecule has 0 radical (unpaired) electrons. The molecule has 2 N–H and O–H groups in total. The number of carbonyl (C=O) groups is 1. The van der Waals surface area contributed by atoms with Gasteiger partial charge in [-0.15, -0.1) is 0 Å². The van der Waals surface area contributed by atoms with Crippen LogP contribution in [0.25, 0.3) is 0 Å². The zero-order valence-corrected chi connectivity index (χ0v) is 16.2. The van der Waals surface area contributed by atoms with Gasteiger partial charge in [0.2, 0.25) is 0 Å². The summed E-state index contributed by atoms with van der Waals surface area (Å²) in [4.78, 5) is 22.8. The molecule has 0 saturated carbocycles. The van der Waals surface area contributed by atoms with Crippen LogP contribution in [0.4, 0.5) is 11.5 Å². The molecule has 0 fully saturated rings. The fourth-order valence-electron chi connectivity index (χ4n) is 2.77.